The Morgan fingerprint density at radius 2 is 2.10 bits per heavy atom. The van der Waals surface area contributed by atoms with Crippen molar-refractivity contribution in [1.29, 1.82) is 0 Å². The minimum absolute atomic E-state index is 0.0474. The van der Waals surface area contributed by atoms with Gasteiger partial charge in [-0.1, -0.05) is 11.6 Å². The Labute approximate surface area is 130 Å². The van der Waals surface area contributed by atoms with Crippen LogP contribution in [0.1, 0.15) is 17.3 Å². The lowest BCUT2D eigenvalue weighted by molar-refractivity contribution is 0.628. The molecule has 0 saturated heterocycles. The van der Waals surface area contributed by atoms with E-state index in [2.05, 4.69) is 15.0 Å². The minimum atomic E-state index is -0.481. The molecule has 4 nitrogen and oxygen atoms in total. The van der Waals surface area contributed by atoms with Crippen LogP contribution in [0, 0.1) is 12.7 Å². The number of halogens is 3. The lowest BCUT2D eigenvalue weighted by Crippen LogP contribution is -2.06. The number of alkyl halides is 1. The molecule has 2 aromatic heterocycles. The van der Waals surface area contributed by atoms with Gasteiger partial charge in [-0.3, -0.25) is 0 Å². The van der Waals surface area contributed by atoms with Gasteiger partial charge in [0.25, 0.3) is 0 Å². The maximum Gasteiger partial charge on any atom is 0.144 e. The van der Waals surface area contributed by atoms with E-state index in [4.69, 9.17) is 23.2 Å². The molecule has 0 aliphatic carbocycles. The van der Waals surface area contributed by atoms with Crippen LogP contribution in [-0.2, 0) is 12.4 Å². The van der Waals surface area contributed by atoms with Crippen molar-refractivity contribution in [1.82, 2.24) is 19.5 Å². The molecular formula is C14H11Cl2FN4. The van der Waals surface area contributed by atoms with Gasteiger partial charge in [0.2, 0.25) is 0 Å². The van der Waals surface area contributed by atoms with Crippen molar-refractivity contribution in [2.45, 2.75) is 19.3 Å². The van der Waals surface area contributed by atoms with E-state index in [0.717, 1.165) is 5.69 Å². The highest BCUT2D eigenvalue weighted by molar-refractivity contribution is 6.31. The first kappa shape index (κ1) is 14.2. The molecule has 0 spiro atoms. The van der Waals surface area contributed by atoms with Crippen LogP contribution >= 0.6 is 23.2 Å². The number of rotatable bonds is 3. The molecule has 1 aromatic carbocycles. The molecule has 0 saturated carbocycles. The molecule has 0 bridgehead atoms. The summed E-state index contributed by atoms with van der Waals surface area (Å²) in [6.07, 6.45) is 1.69. The topological polar surface area (TPSA) is 43.6 Å². The van der Waals surface area contributed by atoms with Crippen LogP contribution in [0.15, 0.2) is 24.4 Å². The minimum Gasteiger partial charge on any atom is -0.321 e. The fourth-order valence-electron chi connectivity index (χ4n) is 2.20. The van der Waals surface area contributed by atoms with Crippen LogP contribution in [0.25, 0.3) is 11.0 Å². The van der Waals surface area contributed by atoms with Crippen LogP contribution < -0.4 is 0 Å². The summed E-state index contributed by atoms with van der Waals surface area (Å²) < 4.78 is 15.5. The quantitative estimate of drug-likeness (QED) is 0.690. The maximum atomic E-state index is 13.7. The fourth-order valence-corrected chi connectivity index (χ4v) is 2.57. The van der Waals surface area contributed by atoms with Gasteiger partial charge < -0.3 is 4.57 Å². The smallest absolute Gasteiger partial charge is 0.144 e. The molecule has 0 aliphatic rings. The molecule has 0 radical (unpaired) electrons. The van der Waals surface area contributed by atoms with Gasteiger partial charge in [-0.15, -0.1) is 11.6 Å². The Kier molecular flexibility index (Phi) is 3.78. The van der Waals surface area contributed by atoms with Gasteiger partial charge in [-0.25, -0.2) is 19.3 Å². The molecule has 0 atom stereocenters. The predicted molar refractivity (Wildman–Crippen MR) is 80.1 cm³/mol. The Balaban J connectivity index is 2.14. The van der Waals surface area contributed by atoms with Crippen LogP contribution in [0.2, 0.25) is 5.02 Å². The third kappa shape index (κ3) is 2.71. The third-order valence-electron chi connectivity index (χ3n) is 3.14. The summed E-state index contributed by atoms with van der Waals surface area (Å²) >= 11 is 11.7. The fraction of sp³-hybridized carbons (Fsp3) is 0.214. The zero-order chi connectivity index (χ0) is 15.0. The number of benzene rings is 1. The first-order valence-electron chi connectivity index (χ1n) is 6.27. The molecule has 3 rings (SSSR count). The zero-order valence-electron chi connectivity index (χ0n) is 11.1. The van der Waals surface area contributed by atoms with E-state index in [-0.39, 0.29) is 10.9 Å². The van der Waals surface area contributed by atoms with Crippen molar-refractivity contribution in [3.05, 3.63) is 52.6 Å². The van der Waals surface area contributed by atoms with Gasteiger partial charge >= 0.3 is 0 Å². The second-order valence-corrected chi connectivity index (χ2v) is 5.27. The largest absolute Gasteiger partial charge is 0.321 e. The molecule has 7 heteroatoms. The highest BCUT2D eigenvalue weighted by atomic mass is 35.5. The van der Waals surface area contributed by atoms with Crippen LogP contribution in [-0.4, -0.2) is 19.5 Å². The molecule has 0 aliphatic heterocycles. The van der Waals surface area contributed by atoms with Gasteiger partial charge in [0.1, 0.15) is 17.5 Å². The number of nitrogens with zero attached hydrogens (tertiary/aromatic N) is 4. The van der Waals surface area contributed by atoms with Crippen LogP contribution in [0.4, 0.5) is 4.39 Å². The van der Waals surface area contributed by atoms with E-state index in [1.54, 1.807) is 6.20 Å². The summed E-state index contributed by atoms with van der Waals surface area (Å²) in [5.74, 6) is 1.06. The molecule has 0 N–H and O–H groups in total. The maximum absolute atomic E-state index is 13.7. The number of fused-ring (bicyclic) bond motifs is 1. The lowest BCUT2D eigenvalue weighted by atomic mass is 10.3. The second kappa shape index (κ2) is 5.58. The first-order chi connectivity index (χ1) is 10.1. The number of hydrogen-bond acceptors (Lipinski definition) is 3. The van der Waals surface area contributed by atoms with Gasteiger partial charge in [-0.2, -0.15) is 0 Å². The second-order valence-electron chi connectivity index (χ2n) is 4.60. The average Bonchev–Trinajstić information content (AvgIpc) is 2.77. The molecule has 0 amide bonds. The third-order valence-corrected chi connectivity index (χ3v) is 3.67. The van der Waals surface area contributed by atoms with E-state index in [9.17, 15) is 4.39 Å². The summed E-state index contributed by atoms with van der Waals surface area (Å²) in [6, 6.07) is 4.68. The van der Waals surface area contributed by atoms with Crippen molar-refractivity contribution < 1.29 is 4.39 Å². The Hall–Kier alpha value is -1.72. The highest BCUT2D eigenvalue weighted by Gasteiger charge is 2.14. The van der Waals surface area contributed by atoms with Crippen molar-refractivity contribution >= 4 is 34.2 Å². The number of aromatic nitrogens is 4. The van der Waals surface area contributed by atoms with E-state index in [1.807, 2.05) is 17.6 Å². The van der Waals surface area contributed by atoms with E-state index < -0.39 is 5.82 Å². The summed E-state index contributed by atoms with van der Waals surface area (Å²) in [7, 11) is 0. The monoisotopic (exact) mass is 324 g/mol. The van der Waals surface area contributed by atoms with Gasteiger partial charge in [0.15, 0.2) is 0 Å². The van der Waals surface area contributed by atoms with Crippen molar-refractivity contribution in [3.63, 3.8) is 0 Å². The number of aryl methyl sites for hydroxylation is 1. The molecular weight excluding hydrogens is 314 g/mol. The Morgan fingerprint density at radius 3 is 2.81 bits per heavy atom. The van der Waals surface area contributed by atoms with Gasteiger partial charge in [0.05, 0.1) is 34.2 Å². The zero-order valence-corrected chi connectivity index (χ0v) is 12.7. The molecule has 21 heavy (non-hydrogen) atoms. The first-order valence-corrected chi connectivity index (χ1v) is 7.18. The summed E-state index contributed by atoms with van der Waals surface area (Å²) in [6.45, 7) is 2.26. The molecule has 108 valence electrons. The van der Waals surface area contributed by atoms with Gasteiger partial charge in [0, 0.05) is 12.3 Å². The molecule has 0 fully saturated rings. The standard InChI is InChI=1S/C14H11Cl2FN4/c1-8-18-3-2-9(19-8)7-21-13-5-11(17)10(16)4-12(13)20-14(21)6-15/h2-5H,6-7H2,1H3. The van der Waals surface area contributed by atoms with Gasteiger partial charge in [-0.05, 0) is 19.1 Å². The van der Waals surface area contributed by atoms with E-state index >= 15 is 0 Å². The molecule has 2 heterocycles. The lowest BCUT2D eigenvalue weighted by Gasteiger charge is -2.08. The highest BCUT2D eigenvalue weighted by Crippen LogP contribution is 2.25. The van der Waals surface area contributed by atoms with E-state index in [0.29, 0.717) is 29.2 Å². The predicted octanol–water partition coefficient (Wildman–Crippen LogP) is 3.71. The summed E-state index contributed by atoms with van der Waals surface area (Å²) in [5, 5.41) is 0.0474. The summed E-state index contributed by atoms with van der Waals surface area (Å²) in [5.41, 5.74) is 2.06. The van der Waals surface area contributed by atoms with Crippen molar-refractivity contribution in [3.8, 4) is 0 Å². The SMILES string of the molecule is Cc1nccc(Cn2c(CCl)nc3cc(Cl)c(F)cc32)n1. The average molecular weight is 325 g/mol. The normalized spacial score (nSPS) is 11.2. The number of hydrogen-bond donors (Lipinski definition) is 0. The van der Waals surface area contributed by atoms with Crippen LogP contribution in [0.3, 0.4) is 0 Å². The Morgan fingerprint density at radius 1 is 1.29 bits per heavy atom. The Bertz CT molecular complexity index is 816. The van der Waals surface area contributed by atoms with Crippen molar-refractivity contribution in [2.24, 2.45) is 0 Å². The molecule has 3 aromatic rings. The van der Waals surface area contributed by atoms with Crippen LogP contribution in [0.5, 0.6) is 0 Å². The summed E-state index contributed by atoms with van der Waals surface area (Å²) in [4.78, 5) is 12.8. The number of imidazole rings is 1. The van der Waals surface area contributed by atoms with Crippen molar-refractivity contribution in [2.75, 3.05) is 0 Å². The molecule has 0 unspecified atom stereocenters. The van der Waals surface area contributed by atoms with E-state index in [1.165, 1.54) is 12.1 Å².